The summed E-state index contributed by atoms with van der Waals surface area (Å²) in [5.74, 6) is 2.14. The number of nitrogens with zero attached hydrogens (tertiary/aromatic N) is 1. The summed E-state index contributed by atoms with van der Waals surface area (Å²) in [5, 5.41) is 3.45. The van der Waals surface area contributed by atoms with Crippen LogP contribution in [-0.2, 0) is 6.54 Å². The first-order valence-corrected chi connectivity index (χ1v) is 8.03. The first kappa shape index (κ1) is 15.3. The fourth-order valence-corrected chi connectivity index (χ4v) is 2.20. The Morgan fingerprint density at radius 2 is 2.15 bits per heavy atom. The second kappa shape index (κ2) is 7.63. The zero-order chi connectivity index (χ0) is 14.4. The van der Waals surface area contributed by atoms with Gasteiger partial charge in [0.2, 0.25) is 5.88 Å². The fourth-order valence-electron chi connectivity index (χ4n) is 2.20. The lowest BCUT2D eigenvalue weighted by Crippen LogP contribution is -2.14. The molecule has 0 radical (unpaired) electrons. The van der Waals surface area contributed by atoms with Crippen molar-refractivity contribution >= 4 is 0 Å². The highest BCUT2D eigenvalue weighted by molar-refractivity contribution is 5.26. The van der Waals surface area contributed by atoms with Crippen LogP contribution in [0.15, 0.2) is 12.1 Å². The molecule has 0 spiro atoms. The van der Waals surface area contributed by atoms with Gasteiger partial charge in [-0.3, -0.25) is 0 Å². The molecule has 1 aromatic rings. The number of pyridine rings is 1. The molecule has 3 heteroatoms. The largest absolute Gasteiger partial charge is 0.478 e. The molecular weight excluding hydrogens is 248 g/mol. The van der Waals surface area contributed by atoms with E-state index in [-0.39, 0.29) is 0 Å². The van der Waals surface area contributed by atoms with Crippen LogP contribution in [0.1, 0.15) is 63.6 Å². The summed E-state index contributed by atoms with van der Waals surface area (Å²) in [4.78, 5) is 4.63. The predicted octanol–water partition coefficient (Wildman–Crippen LogP) is 3.88. The van der Waals surface area contributed by atoms with Crippen molar-refractivity contribution in [3.8, 4) is 5.88 Å². The Hall–Kier alpha value is -1.09. The van der Waals surface area contributed by atoms with Gasteiger partial charge in [0, 0.05) is 18.3 Å². The van der Waals surface area contributed by atoms with Gasteiger partial charge in [-0.1, -0.05) is 33.6 Å². The molecule has 1 aromatic heterocycles. The Balaban J connectivity index is 1.95. The number of aromatic nitrogens is 1. The SMILES string of the molecule is CCCNCc1cc(OCCC2CC2)nc(C(C)C)c1. The van der Waals surface area contributed by atoms with Crippen molar-refractivity contribution in [3.05, 3.63) is 23.4 Å². The van der Waals surface area contributed by atoms with Crippen molar-refractivity contribution in [1.82, 2.24) is 10.3 Å². The molecule has 0 saturated heterocycles. The maximum atomic E-state index is 5.86. The lowest BCUT2D eigenvalue weighted by atomic mass is 10.1. The Kier molecular flexibility index (Phi) is 5.84. The molecule has 1 saturated carbocycles. The van der Waals surface area contributed by atoms with Gasteiger partial charge >= 0.3 is 0 Å². The molecule has 1 aliphatic carbocycles. The van der Waals surface area contributed by atoms with Crippen LogP contribution in [0, 0.1) is 5.92 Å². The van der Waals surface area contributed by atoms with E-state index in [1.807, 2.05) is 0 Å². The van der Waals surface area contributed by atoms with Gasteiger partial charge in [0.05, 0.1) is 6.61 Å². The highest BCUT2D eigenvalue weighted by atomic mass is 16.5. The second-order valence-electron chi connectivity index (χ2n) is 6.15. The molecule has 0 bridgehead atoms. The van der Waals surface area contributed by atoms with Crippen LogP contribution in [0.5, 0.6) is 5.88 Å². The topological polar surface area (TPSA) is 34.1 Å². The van der Waals surface area contributed by atoms with Crippen molar-refractivity contribution in [2.75, 3.05) is 13.2 Å². The van der Waals surface area contributed by atoms with Gasteiger partial charge < -0.3 is 10.1 Å². The molecule has 1 aliphatic rings. The molecule has 1 N–H and O–H groups in total. The van der Waals surface area contributed by atoms with Crippen molar-refractivity contribution < 1.29 is 4.74 Å². The maximum absolute atomic E-state index is 5.86. The Morgan fingerprint density at radius 3 is 2.80 bits per heavy atom. The van der Waals surface area contributed by atoms with Crippen molar-refractivity contribution in [3.63, 3.8) is 0 Å². The van der Waals surface area contributed by atoms with Crippen molar-refractivity contribution in [2.24, 2.45) is 5.92 Å². The summed E-state index contributed by atoms with van der Waals surface area (Å²) in [7, 11) is 0. The van der Waals surface area contributed by atoms with Gasteiger partial charge in [-0.25, -0.2) is 4.98 Å². The van der Waals surface area contributed by atoms with Gasteiger partial charge in [-0.05, 0) is 42.9 Å². The van der Waals surface area contributed by atoms with E-state index in [2.05, 4.69) is 43.2 Å². The minimum atomic E-state index is 0.437. The smallest absolute Gasteiger partial charge is 0.213 e. The van der Waals surface area contributed by atoms with E-state index in [4.69, 9.17) is 4.74 Å². The molecule has 20 heavy (non-hydrogen) atoms. The molecule has 1 heterocycles. The van der Waals surface area contributed by atoms with E-state index in [1.165, 1.54) is 24.8 Å². The van der Waals surface area contributed by atoms with Crippen LogP contribution in [0.25, 0.3) is 0 Å². The van der Waals surface area contributed by atoms with E-state index in [1.54, 1.807) is 0 Å². The van der Waals surface area contributed by atoms with E-state index in [9.17, 15) is 0 Å². The zero-order valence-corrected chi connectivity index (χ0v) is 13.1. The highest BCUT2D eigenvalue weighted by Gasteiger charge is 2.20. The Labute approximate surface area is 123 Å². The summed E-state index contributed by atoms with van der Waals surface area (Å²) in [6, 6.07) is 4.28. The molecule has 1 fully saturated rings. The monoisotopic (exact) mass is 276 g/mol. The summed E-state index contributed by atoms with van der Waals surface area (Å²) in [6.07, 6.45) is 5.11. The van der Waals surface area contributed by atoms with Crippen LogP contribution >= 0.6 is 0 Å². The average Bonchev–Trinajstić information content (AvgIpc) is 3.23. The lowest BCUT2D eigenvalue weighted by Gasteiger charge is -2.12. The zero-order valence-electron chi connectivity index (χ0n) is 13.1. The first-order valence-electron chi connectivity index (χ1n) is 8.03. The van der Waals surface area contributed by atoms with Crippen molar-refractivity contribution in [1.29, 1.82) is 0 Å². The second-order valence-corrected chi connectivity index (χ2v) is 6.15. The standard InChI is InChI=1S/C17H28N2O/c1-4-8-18-12-15-10-16(13(2)3)19-17(11-15)20-9-7-14-5-6-14/h10-11,13-14,18H,4-9,12H2,1-3H3. The van der Waals surface area contributed by atoms with Gasteiger partial charge in [-0.15, -0.1) is 0 Å². The predicted molar refractivity (Wildman–Crippen MR) is 83.2 cm³/mol. The van der Waals surface area contributed by atoms with E-state index < -0.39 is 0 Å². The molecular formula is C17H28N2O. The fraction of sp³-hybridized carbons (Fsp3) is 0.706. The third-order valence-corrected chi connectivity index (χ3v) is 3.70. The molecule has 0 atom stereocenters. The molecule has 2 rings (SSSR count). The summed E-state index contributed by atoms with van der Waals surface area (Å²) in [5.41, 5.74) is 2.40. The van der Waals surface area contributed by atoms with Gasteiger partial charge in [0.1, 0.15) is 0 Å². The van der Waals surface area contributed by atoms with E-state index in [0.717, 1.165) is 43.6 Å². The minimum absolute atomic E-state index is 0.437. The highest BCUT2D eigenvalue weighted by Crippen LogP contribution is 2.32. The van der Waals surface area contributed by atoms with Crippen LogP contribution < -0.4 is 10.1 Å². The maximum Gasteiger partial charge on any atom is 0.213 e. The molecule has 3 nitrogen and oxygen atoms in total. The number of hydrogen-bond donors (Lipinski definition) is 1. The third-order valence-electron chi connectivity index (χ3n) is 3.70. The number of nitrogens with one attached hydrogen (secondary N) is 1. The average molecular weight is 276 g/mol. The van der Waals surface area contributed by atoms with Crippen molar-refractivity contribution in [2.45, 2.75) is 58.9 Å². The van der Waals surface area contributed by atoms with Crippen LogP contribution in [-0.4, -0.2) is 18.1 Å². The molecule has 112 valence electrons. The third kappa shape index (κ3) is 5.12. The summed E-state index contributed by atoms with van der Waals surface area (Å²) >= 11 is 0. The first-order chi connectivity index (χ1) is 9.69. The minimum Gasteiger partial charge on any atom is -0.478 e. The molecule has 0 aliphatic heterocycles. The number of rotatable bonds is 9. The van der Waals surface area contributed by atoms with E-state index >= 15 is 0 Å². The summed E-state index contributed by atoms with van der Waals surface area (Å²) in [6.45, 7) is 9.30. The normalized spacial score (nSPS) is 14.8. The quantitative estimate of drug-likeness (QED) is 0.695. The molecule has 0 unspecified atom stereocenters. The van der Waals surface area contributed by atoms with Gasteiger partial charge in [0.25, 0.3) is 0 Å². The lowest BCUT2D eigenvalue weighted by molar-refractivity contribution is 0.290. The number of ether oxygens (including phenoxy) is 1. The Bertz CT molecular complexity index is 413. The summed E-state index contributed by atoms with van der Waals surface area (Å²) < 4.78 is 5.86. The van der Waals surface area contributed by atoms with Crippen LogP contribution in [0.2, 0.25) is 0 Å². The molecule has 0 aromatic carbocycles. The number of hydrogen-bond acceptors (Lipinski definition) is 3. The van der Waals surface area contributed by atoms with Crippen LogP contribution in [0.4, 0.5) is 0 Å². The molecule has 0 amide bonds. The van der Waals surface area contributed by atoms with Gasteiger partial charge in [-0.2, -0.15) is 0 Å². The van der Waals surface area contributed by atoms with Gasteiger partial charge in [0.15, 0.2) is 0 Å². The van der Waals surface area contributed by atoms with E-state index in [0.29, 0.717) is 5.92 Å². The van der Waals surface area contributed by atoms with Crippen LogP contribution in [0.3, 0.4) is 0 Å². The Morgan fingerprint density at radius 1 is 1.35 bits per heavy atom.